The van der Waals surface area contributed by atoms with Crippen LogP contribution in [0.5, 0.6) is 11.5 Å². The molecule has 9 nitrogen and oxygen atoms in total. The number of fused-ring (bicyclic) bond motifs is 1. The van der Waals surface area contributed by atoms with Crippen LogP contribution >= 0.6 is 0 Å². The molecule has 2 heterocycles. The minimum absolute atomic E-state index is 0.0699. The molecule has 0 amide bonds. The lowest BCUT2D eigenvalue weighted by Gasteiger charge is -2.39. The minimum atomic E-state index is -1.66. The van der Waals surface area contributed by atoms with Crippen molar-refractivity contribution in [3.8, 4) is 11.5 Å². The van der Waals surface area contributed by atoms with Gasteiger partial charge in [0.05, 0.1) is 6.61 Å². The maximum absolute atomic E-state index is 11.4. The highest BCUT2D eigenvalue weighted by molar-refractivity contribution is 5.85. The number of aromatic hydroxyl groups is 1. The Hall–Kier alpha value is -2.17. The van der Waals surface area contributed by atoms with E-state index < -0.39 is 42.9 Å². The third kappa shape index (κ3) is 2.83. The molecule has 0 spiro atoms. The predicted octanol–water partition coefficient (Wildman–Crippen LogP) is -1.32. The fourth-order valence-electron chi connectivity index (χ4n) is 2.49. The monoisotopic (exact) mass is 340 g/mol. The third-order valence-electron chi connectivity index (χ3n) is 3.81. The summed E-state index contributed by atoms with van der Waals surface area (Å²) in [6.45, 7) is -0.624. The number of rotatable bonds is 3. The maximum atomic E-state index is 11.4. The second kappa shape index (κ2) is 6.38. The number of phenolic OH excluding ortho intramolecular Hbond substituents is 1. The maximum Gasteiger partial charge on any atom is 0.336 e. The quantitative estimate of drug-likeness (QED) is 0.429. The molecule has 24 heavy (non-hydrogen) atoms. The molecule has 5 atom stereocenters. The van der Waals surface area contributed by atoms with E-state index in [1.54, 1.807) is 0 Å². The van der Waals surface area contributed by atoms with Crippen molar-refractivity contribution in [2.24, 2.45) is 0 Å². The van der Waals surface area contributed by atoms with Crippen LogP contribution < -0.4 is 10.4 Å². The summed E-state index contributed by atoms with van der Waals surface area (Å²) in [6.07, 6.45) is -7.51. The normalized spacial score (nSPS) is 30.4. The van der Waals surface area contributed by atoms with E-state index in [1.807, 2.05) is 0 Å². The lowest BCUT2D eigenvalue weighted by Crippen LogP contribution is -2.60. The molecule has 1 saturated heterocycles. The van der Waals surface area contributed by atoms with Gasteiger partial charge in [-0.15, -0.1) is 0 Å². The predicted molar refractivity (Wildman–Crippen MR) is 78.5 cm³/mol. The molecule has 0 radical (unpaired) electrons. The molecule has 1 fully saturated rings. The molecule has 1 aromatic carbocycles. The SMILES string of the molecule is O=c1ccc2ccc(O)c(O[C@@H]3O[C@H](CO)[C@@H](O)[C@@H](O)[C@H]3O)c2o1. The first-order chi connectivity index (χ1) is 11.4. The van der Waals surface area contributed by atoms with E-state index >= 15 is 0 Å². The van der Waals surface area contributed by atoms with Gasteiger partial charge in [-0.1, -0.05) is 0 Å². The van der Waals surface area contributed by atoms with Crippen LogP contribution in [-0.2, 0) is 4.74 Å². The van der Waals surface area contributed by atoms with Crippen LogP contribution in [0.2, 0.25) is 0 Å². The van der Waals surface area contributed by atoms with Crippen molar-refractivity contribution in [2.45, 2.75) is 30.7 Å². The second-order valence-electron chi connectivity index (χ2n) is 5.40. The Morgan fingerprint density at radius 2 is 1.75 bits per heavy atom. The standard InChI is InChI=1S/C15H16O9/c16-5-8-10(19)11(20)12(21)15(22-8)24-14-7(17)3-1-6-2-4-9(18)23-13(6)14/h1-4,8,10-12,15-17,19-21H,5H2/t8-,10-,11-,12-,15+/m1/s1. The van der Waals surface area contributed by atoms with Gasteiger partial charge in [0.25, 0.3) is 0 Å². The van der Waals surface area contributed by atoms with Gasteiger partial charge in [0.1, 0.15) is 24.4 Å². The van der Waals surface area contributed by atoms with Gasteiger partial charge in [-0.2, -0.15) is 0 Å². The summed E-state index contributed by atoms with van der Waals surface area (Å²) >= 11 is 0. The van der Waals surface area contributed by atoms with Crippen molar-refractivity contribution in [2.75, 3.05) is 6.61 Å². The Morgan fingerprint density at radius 1 is 1.04 bits per heavy atom. The van der Waals surface area contributed by atoms with E-state index in [4.69, 9.17) is 19.0 Å². The van der Waals surface area contributed by atoms with Crippen LogP contribution in [0.4, 0.5) is 0 Å². The van der Waals surface area contributed by atoms with Crippen molar-refractivity contribution < 1.29 is 39.4 Å². The van der Waals surface area contributed by atoms with Crippen LogP contribution in [-0.4, -0.2) is 62.8 Å². The largest absolute Gasteiger partial charge is 0.504 e. The van der Waals surface area contributed by atoms with Crippen molar-refractivity contribution in [3.05, 3.63) is 34.7 Å². The number of hydrogen-bond acceptors (Lipinski definition) is 9. The molecule has 1 aliphatic heterocycles. The zero-order valence-corrected chi connectivity index (χ0v) is 12.3. The molecule has 1 aromatic heterocycles. The van der Waals surface area contributed by atoms with Crippen LogP contribution in [0.15, 0.2) is 33.5 Å². The number of ether oxygens (including phenoxy) is 2. The van der Waals surface area contributed by atoms with E-state index in [0.717, 1.165) is 0 Å². The van der Waals surface area contributed by atoms with Gasteiger partial charge in [0.2, 0.25) is 12.0 Å². The van der Waals surface area contributed by atoms with Gasteiger partial charge < -0.3 is 39.4 Å². The molecule has 0 unspecified atom stereocenters. The average molecular weight is 340 g/mol. The Labute approximate surface area is 134 Å². The summed E-state index contributed by atoms with van der Waals surface area (Å²) in [4.78, 5) is 11.4. The summed E-state index contributed by atoms with van der Waals surface area (Å²) in [5.41, 5.74) is -0.744. The molecule has 3 rings (SSSR count). The van der Waals surface area contributed by atoms with Gasteiger partial charge in [-0.3, -0.25) is 0 Å². The van der Waals surface area contributed by atoms with E-state index in [9.17, 15) is 25.2 Å². The number of hydrogen-bond donors (Lipinski definition) is 5. The second-order valence-corrected chi connectivity index (χ2v) is 5.40. The molecular formula is C15H16O9. The number of aliphatic hydroxyl groups is 4. The first-order valence-corrected chi connectivity index (χ1v) is 7.15. The molecule has 5 N–H and O–H groups in total. The summed E-state index contributed by atoms with van der Waals surface area (Å²) < 4.78 is 15.6. The summed E-state index contributed by atoms with van der Waals surface area (Å²) in [6, 6.07) is 5.44. The first-order valence-electron chi connectivity index (χ1n) is 7.15. The van der Waals surface area contributed by atoms with Gasteiger partial charge in [-0.05, 0) is 18.2 Å². The third-order valence-corrected chi connectivity index (χ3v) is 3.81. The topological polar surface area (TPSA) is 150 Å². The molecule has 9 heteroatoms. The zero-order valence-electron chi connectivity index (χ0n) is 12.3. The Morgan fingerprint density at radius 3 is 2.46 bits per heavy atom. The highest BCUT2D eigenvalue weighted by Crippen LogP contribution is 2.36. The van der Waals surface area contributed by atoms with Gasteiger partial charge in [0.15, 0.2) is 11.3 Å². The zero-order chi connectivity index (χ0) is 17.4. The van der Waals surface area contributed by atoms with Crippen LogP contribution in [0.1, 0.15) is 0 Å². The fourth-order valence-corrected chi connectivity index (χ4v) is 2.49. The highest BCUT2D eigenvalue weighted by Gasteiger charge is 2.45. The molecule has 0 bridgehead atoms. The van der Waals surface area contributed by atoms with Crippen LogP contribution in [0.3, 0.4) is 0 Å². The molecule has 130 valence electrons. The lowest BCUT2D eigenvalue weighted by atomic mass is 9.99. The number of phenols is 1. The average Bonchev–Trinajstić information content (AvgIpc) is 2.57. The van der Waals surface area contributed by atoms with E-state index in [2.05, 4.69) is 0 Å². The summed E-state index contributed by atoms with van der Waals surface area (Å²) in [7, 11) is 0. The summed E-state index contributed by atoms with van der Waals surface area (Å²) in [5, 5.41) is 49.1. The Kier molecular flexibility index (Phi) is 4.43. The number of aliphatic hydroxyl groups excluding tert-OH is 4. The van der Waals surface area contributed by atoms with Crippen LogP contribution in [0.25, 0.3) is 11.0 Å². The Balaban J connectivity index is 1.98. The van der Waals surface area contributed by atoms with E-state index in [-0.39, 0.29) is 17.1 Å². The van der Waals surface area contributed by atoms with Gasteiger partial charge in [0, 0.05) is 11.5 Å². The van der Waals surface area contributed by atoms with Crippen molar-refractivity contribution in [1.29, 1.82) is 0 Å². The number of benzene rings is 1. The molecular weight excluding hydrogens is 324 g/mol. The highest BCUT2D eigenvalue weighted by atomic mass is 16.7. The van der Waals surface area contributed by atoms with Crippen molar-refractivity contribution >= 4 is 11.0 Å². The lowest BCUT2D eigenvalue weighted by molar-refractivity contribution is -0.277. The van der Waals surface area contributed by atoms with Gasteiger partial charge >= 0.3 is 5.63 Å². The van der Waals surface area contributed by atoms with Gasteiger partial charge in [-0.25, -0.2) is 4.79 Å². The van der Waals surface area contributed by atoms with Crippen molar-refractivity contribution in [1.82, 2.24) is 0 Å². The van der Waals surface area contributed by atoms with Crippen molar-refractivity contribution in [3.63, 3.8) is 0 Å². The minimum Gasteiger partial charge on any atom is -0.504 e. The molecule has 2 aromatic rings. The smallest absolute Gasteiger partial charge is 0.336 e. The van der Waals surface area contributed by atoms with E-state index in [0.29, 0.717) is 5.39 Å². The molecule has 0 saturated carbocycles. The molecule has 1 aliphatic rings. The Bertz CT molecular complexity index is 784. The summed E-state index contributed by atoms with van der Waals surface area (Å²) in [5.74, 6) is -0.650. The van der Waals surface area contributed by atoms with Crippen LogP contribution in [0, 0.1) is 0 Å². The fraction of sp³-hybridized carbons (Fsp3) is 0.400. The molecule has 0 aliphatic carbocycles. The first kappa shape index (κ1) is 16.7. The van der Waals surface area contributed by atoms with E-state index in [1.165, 1.54) is 24.3 Å².